The van der Waals surface area contributed by atoms with Crippen LogP contribution < -0.4 is 0 Å². The van der Waals surface area contributed by atoms with E-state index in [0.717, 1.165) is 56.3 Å². The van der Waals surface area contributed by atoms with Gasteiger partial charge in [0.15, 0.2) is 0 Å². The van der Waals surface area contributed by atoms with Gasteiger partial charge in [0.1, 0.15) is 11.6 Å². The maximum atomic E-state index is 12.4. The SMILES string of the molecule is CCC12CCC3C(CCC4(C)C(=O)CCC34)C1CCC(=O)C2. The fraction of sp³-hybridized carbons (Fsp3) is 0.900. The van der Waals surface area contributed by atoms with E-state index in [1.54, 1.807) is 0 Å². The number of carbonyl (C=O) groups is 2. The second-order valence-corrected chi connectivity index (χ2v) is 8.97. The van der Waals surface area contributed by atoms with Crippen molar-refractivity contribution in [3.8, 4) is 0 Å². The van der Waals surface area contributed by atoms with E-state index >= 15 is 0 Å². The van der Waals surface area contributed by atoms with Gasteiger partial charge in [0.25, 0.3) is 0 Å². The van der Waals surface area contributed by atoms with Gasteiger partial charge in [-0.1, -0.05) is 13.8 Å². The van der Waals surface area contributed by atoms with Gasteiger partial charge in [-0.15, -0.1) is 0 Å². The minimum atomic E-state index is -0.00212. The maximum Gasteiger partial charge on any atom is 0.139 e. The van der Waals surface area contributed by atoms with E-state index in [1.165, 1.54) is 25.7 Å². The largest absolute Gasteiger partial charge is 0.300 e. The Morgan fingerprint density at radius 2 is 1.64 bits per heavy atom. The summed E-state index contributed by atoms with van der Waals surface area (Å²) in [6.07, 6.45) is 10.8. The topological polar surface area (TPSA) is 34.1 Å². The Hall–Kier alpha value is -0.660. The minimum absolute atomic E-state index is 0.00212. The van der Waals surface area contributed by atoms with Crippen LogP contribution in [0.3, 0.4) is 0 Å². The molecule has 4 aliphatic rings. The highest BCUT2D eigenvalue weighted by atomic mass is 16.1. The molecule has 122 valence electrons. The van der Waals surface area contributed by atoms with Crippen molar-refractivity contribution < 1.29 is 9.59 Å². The molecule has 2 nitrogen and oxygen atoms in total. The molecule has 0 aromatic heterocycles. The fourth-order valence-electron chi connectivity index (χ4n) is 7.20. The van der Waals surface area contributed by atoms with Crippen molar-refractivity contribution in [1.29, 1.82) is 0 Å². The number of fused-ring (bicyclic) bond motifs is 5. The minimum Gasteiger partial charge on any atom is -0.300 e. The van der Waals surface area contributed by atoms with Gasteiger partial charge < -0.3 is 0 Å². The molecule has 0 saturated heterocycles. The summed E-state index contributed by atoms with van der Waals surface area (Å²) >= 11 is 0. The monoisotopic (exact) mass is 302 g/mol. The maximum absolute atomic E-state index is 12.4. The van der Waals surface area contributed by atoms with Crippen LogP contribution in [0.4, 0.5) is 0 Å². The highest BCUT2D eigenvalue weighted by molar-refractivity contribution is 5.87. The molecule has 22 heavy (non-hydrogen) atoms. The summed E-state index contributed by atoms with van der Waals surface area (Å²) in [5.41, 5.74) is 0.310. The zero-order chi connectivity index (χ0) is 15.5. The Bertz CT molecular complexity index is 510. The number of carbonyl (C=O) groups excluding carboxylic acids is 2. The van der Waals surface area contributed by atoms with Crippen LogP contribution in [0.25, 0.3) is 0 Å². The van der Waals surface area contributed by atoms with Gasteiger partial charge in [0.05, 0.1) is 0 Å². The first kappa shape index (κ1) is 14.9. The van der Waals surface area contributed by atoms with Crippen molar-refractivity contribution in [3.63, 3.8) is 0 Å². The zero-order valence-corrected chi connectivity index (χ0v) is 14.2. The number of Topliss-reactive ketones (excluding diaryl/α,β-unsaturated/α-hetero) is 2. The average molecular weight is 302 g/mol. The lowest BCUT2D eigenvalue weighted by Crippen LogP contribution is -2.53. The summed E-state index contributed by atoms with van der Waals surface area (Å²) in [5.74, 6) is 4.02. The van der Waals surface area contributed by atoms with Crippen molar-refractivity contribution in [2.75, 3.05) is 0 Å². The summed E-state index contributed by atoms with van der Waals surface area (Å²) in [7, 11) is 0. The second-order valence-electron chi connectivity index (χ2n) is 8.97. The lowest BCUT2D eigenvalue weighted by Gasteiger charge is -2.58. The van der Waals surface area contributed by atoms with Gasteiger partial charge in [0, 0.05) is 24.7 Å². The molecule has 0 radical (unpaired) electrons. The summed E-state index contributed by atoms with van der Waals surface area (Å²) < 4.78 is 0. The predicted octanol–water partition coefficient (Wildman–Crippen LogP) is 4.56. The highest BCUT2D eigenvalue weighted by Crippen LogP contribution is 2.64. The quantitative estimate of drug-likeness (QED) is 0.711. The Morgan fingerprint density at radius 3 is 2.41 bits per heavy atom. The van der Waals surface area contributed by atoms with E-state index < -0.39 is 0 Å². The molecule has 0 heterocycles. The smallest absolute Gasteiger partial charge is 0.139 e. The molecule has 6 unspecified atom stereocenters. The van der Waals surface area contributed by atoms with E-state index in [2.05, 4.69) is 13.8 Å². The van der Waals surface area contributed by atoms with Gasteiger partial charge in [-0.2, -0.15) is 0 Å². The lowest BCUT2D eigenvalue weighted by molar-refractivity contribution is -0.143. The normalized spacial score (nSPS) is 51.2. The molecule has 4 fully saturated rings. The van der Waals surface area contributed by atoms with Gasteiger partial charge in [-0.05, 0) is 74.0 Å². The molecule has 2 heteroatoms. The number of rotatable bonds is 1. The van der Waals surface area contributed by atoms with Crippen molar-refractivity contribution in [3.05, 3.63) is 0 Å². The van der Waals surface area contributed by atoms with Crippen molar-refractivity contribution in [1.82, 2.24) is 0 Å². The van der Waals surface area contributed by atoms with Gasteiger partial charge >= 0.3 is 0 Å². The standard InChI is InChI=1S/C20H30O2/c1-3-20-11-9-14-15(17(20)5-4-13(21)12-20)8-10-19(2)16(14)6-7-18(19)22/h14-17H,3-12H2,1-2H3. The summed E-state index contributed by atoms with van der Waals surface area (Å²) in [5, 5.41) is 0. The van der Waals surface area contributed by atoms with Gasteiger partial charge in [-0.25, -0.2) is 0 Å². The first-order chi connectivity index (χ1) is 10.5. The van der Waals surface area contributed by atoms with Crippen LogP contribution in [0.15, 0.2) is 0 Å². The molecular formula is C20H30O2. The van der Waals surface area contributed by atoms with E-state index in [1.807, 2.05) is 0 Å². The molecule has 6 atom stereocenters. The predicted molar refractivity (Wildman–Crippen MR) is 86.4 cm³/mol. The molecule has 0 aliphatic heterocycles. The fourth-order valence-corrected chi connectivity index (χ4v) is 7.20. The summed E-state index contributed by atoms with van der Waals surface area (Å²) in [6, 6.07) is 0. The molecule has 4 aliphatic carbocycles. The van der Waals surface area contributed by atoms with Crippen LogP contribution in [0, 0.1) is 34.5 Å². The van der Waals surface area contributed by atoms with E-state index in [-0.39, 0.29) is 5.41 Å². The lowest BCUT2D eigenvalue weighted by atomic mass is 9.46. The first-order valence-electron chi connectivity index (χ1n) is 9.55. The third kappa shape index (κ3) is 1.85. The first-order valence-corrected chi connectivity index (χ1v) is 9.55. The Balaban J connectivity index is 1.64. The molecule has 0 aromatic carbocycles. The molecule has 0 amide bonds. The van der Waals surface area contributed by atoms with E-state index in [0.29, 0.717) is 22.9 Å². The second kappa shape index (κ2) is 4.92. The number of ketones is 2. The molecule has 4 saturated carbocycles. The van der Waals surface area contributed by atoms with E-state index in [4.69, 9.17) is 0 Å². The Labute approximate surface area is 134 Å². The van der Waals surface area contributed by atoms with Crippen LogP contribution in [0.5, 0.6) is 0 Å². The molecule has 0 spiro atoms. The van der Waals surface area contributed by atoms with Gasteiger partial charge in [-0.3, -0.25) is 9.59 Å². The van der Waals surface area contributed by atoms with Crippen LogP contribution in [-0.2, 0) is 9.59 Å². The number of hydrogen-bond acceptors (Lipinski definition) is 2. The van der Waals surface area contributed by atoms with Crippen molar-refractivity contribution in [2.24, 2.45) is 34.5 Å². The molecule has 0 N–H and O–H groups in total. The van der Waals surface area contributed by atoms with Crippen LogP contribution in [0.2, 0.25) is 0 Å². The zero-order valence-electron chi connectivity index (χ0n) is 14.2. The van der Waals surface area contributed by atoms with Crippen LogP contribution in [-0.4, -0.2) is 11.6 Å². The highest BCUT2D eigenvalue weighted by Gasteiger charge is 2.59. The molecule has 0 aromatic rings. The third-order valence-corrected chi connectivity index (χ3v) is 8.47. The van der Waals surface area contributed by atoms with Gasteiger partial charge in [0.2, 0.25) is 0 Å². The molecule has 0 bridgehead atoms. The van der Waals surface area contributed by atoms with E-state index in [9.17, 15) is 9.59 Å². The van der Waals surface area contributed by atoms with Crippen LogP contribution in [0.1, 0.15) is 78.1 Å². The third-order valence-electron chi connectivity index (χ3n) is 8.47. The molecular weight excluding hydrogens is 272 g/mol. The molecule has 4 rings (SSSR count). The number of hydrogen-bond donors (Lipinski definition) is 0. The van der Waals surface area contributed by atoms with Crippen LogP contribution >= 0.6 is 0 Å². The summed E-state index contributed by atoms with van der Waals surface area (Å²) in [4.78, 5) is 24.5. The summed E-state index contributed by atoms with van der Waals surface area (Å²) in [6.45, 7) is 4.56. The average Bonchev–Trinajstić information content (AvgIpc) is 2.82. The Kier molecular flexibility index (Phi) is 3.33. The Morgan fingerprint density at radius 1 is 0.955 bits per heavy atom. The van der Waals surface area contributed by atoms with Crippen molar-refractivity contribution in [2.45, 2.75) is 78.1 Å². The van der Waals surface area contributed by atoms with Crippen molar-refractivity contribution >= 4 is 11.6 Å².